The van der Waals surface area contributed by atoms with Crippen LogP contribution in [0.5, 0.6) is 0 Å². The minimum absolute atomic E-state index is 0.314. The van der Waals surface area contributed by atoms with Crippen LogP contribution in [0.2, 0.25) is 0 Å². The number of aromatic nitrogens is 2. The van der Waals surface area contributed by atoms with Crippen LogP contribution in [0.3, 0.4) is 0 Å². The molecule has 1 N–H and O–H groups in total. The molecule has 2 aromatic rings. The molecule has 1 aromatic carbocycles. The predicted molar refractivity (Wildman–Crippen MR) is 60.2 cm³/mol. The zero-order chi connectivity index (χ0) is 12.6. The summed E-state index contributed by atoms with van der Waals surface area (Å²) in [4.78, 5) is 19.2. The summed E-state index contributed by atoms with van der Waals surface area (Å²) >= 11 is 0. The molecule has 0 spiro atoms. The molecule has 5 heteroatoms. The maximum absolute atomic E-state index is 13.2. The molecule has 0 aliphatic rings. The first-order valence-corrected chi connectivity index (χ1v) is 5.07. The second-order valence-electron chi connectivity index (χ2n) is 4.31. The van der Waals surface area contributed by atoms with Crippen LogP contribution >= 0.6 is 0 Å². The van der Waals surface area contributed by atoms with Gasteiger partial charge in [0, 0.05) is 5.39 Å². The number of benzene rings is 1. The average molecular weight is 234 g/mol. The Morgan fingerprint density at radius 3 is 2.71 bits per heavy atom. The lowest BCUT2D eigenvalue weighted by Gasteiger charge is -2.19. The summed E-state index contributed by atoms with van der Waals surface area (Å²) in [6, 6.07) is 4.05. The topological polar surface area (TPSA) is 63.1 Å². The van der Waals surface area contributed by atoms with Gasteiger partial charge in [-0.25, -0.2) is 14.4 Å². The first-order chi connectivity index (χ1) is 7.93. The SMILES string of the molecule is CC(C)(C(=O)O)c1ncnc2ccc(F)cc12. The van der Waals surface area contributed by atoms with Crippen LogP contribution in [0.25, 0.3) is 10.9 Å². The Bertz CT molecular complexity index is 596. The summed E-state index contributed by atoms with van der Waals surface area (Å²) in [6.45, 7) is 3.06. The number of hydrogen-bond donors (Lipinski definition) is 1. The number of hydrogen-bond acceptors (Lipinski definition) is 3. The number of carbonyl (C=O) groups is 1. The van der Waals surface area contributed by atoms with Crippen molar-refractivity contribution in [3.63, 3.8) is 0 Å². The highest BCUT2D eigenvalue weighted by Gasteiger charge is 2.32. The lowest BCUT2D eigenvalue weighted by molar-refractivity contribution is -0.142. The summed E-state index contributed by atoms with van der Waals surface area (Å²) in [5, 5.41) is 9.60. The molecule has 0 saturated heterocycles. The van der Waals surface area contributed by atoms with Gasteiger partial charge in [0.25, 0.3) is 0 Å². The zero-order valence-corrected chi connectivity index (χ0v) is 9.44. The highest BCUT2D eigenvalue weighted by molar-refractivity contribution is 5.89. The van der Waals surface area contributed by atoms with E-state index in [0.717, 1.165) is 0 Å². The number of halogens is 1. The van der Waals surface area contributed by atoms with Crippen molar-refractivity contribution in [2.24, 2.45) is 0 Å². The second kappa shape index (κ2) is 3.76. The van der Waals surface area contributed by atoms with Crippen LogP contribution in [-0.2, 0) is 10.2 Å². The van der Waals surface area contributed by atoms with Gasteiger partial charge in [-0.15, -0.1) is 0 Å². The molecule has 0 amide bonds. The van der Waals surface area contributed by atoms with E-state index >= 15 is 0 Å². The van der Waals surface area contributed by atoms with E-state index in [-0.39, 0.29) is 0 Å². The van der Waals surface area contributed by atoms with Gasteiger partial charge in [0.05, 0.1) is 11.2 Å². The second-order valence-corrected chi connectivity index (χ2v) is 4.31. The Labute approximate surface area is 97.1 Å². The molecule has 1 heterocycles. The van der Waals surface area contributed by atoms with Crippen molar-refractivity contribution in [1.82, 2.24) is 9.97 Å². The normalized spacial score (nSPS) is 11.7. The van der Waals surface area contributed by atoms with Crippen LogP contribution in [0.15, 0.2) is 24.5 Å². The number of aliphatic carboxylic acids is 1. The van der Waals surface area contributed by atoms with Gasteiger partial charge in [0.2, 0.25) is 0 Å². The van der Waals surface area contributed by atoms with Crippen molar-refractivity contribution in [1.29, 1.82) is 0 Å². The van der Waals surface area contributed by atoms with Crippen molar-refractivity contribution < 1.29 is 14.3 Å². The summed E-state index contributed by atoms with van der Waals surface area (Å²) in [7, 11) is 0. The fraction of sp³-hybridized carbons (Fsp3) is 0.250. The van der Waals surface area contributed by atoms with Gasteiger partial charge < -0.3 is 5.11 Å². The Morgan fingerprint density at radius 2 is 2.06 bits per heavy atom. The molecular weight excluding hydrogens is 223 g/mol. The quantitative estimate of drug-likeness (QED) is 0.864. The van der Waals surface area contributed by atoms with Crippen LogP contribution in [0.1, 0.15) is 19.5 Å². The number of carboxylic acid groups (broad SMARTS) is 1. The lowest BCUT2D eigenvalue weighted by Crippen LogP contribution is -2.30. The van der Waals surface area contributed by atoms with Crippen molar-refractivity contribution in [3.05, 3.63) is 36.0 Å². The standard InChI is InChI=1S/C12H11FN2O2/c1-12(2,11(16)17)10-8-5-7(13)3-4-9(8)14-6-15-10/h3-6H,1-2H3,(H,16,17). The number of carboxylic acids is 1. The van der Waals surface area contributed by atoms with Crippen LogP contribution in [-0.4, -0.2) is 21.0 Å². The maximum atomic E-state index is 13.2. The molecule has 0 aliphatic carbocycles. The Balaban J connectivity index is 2.78. The van der Waals surface area contributed by atoms with Gasteiger partial charge in [-0.1, -0.05) is 0 Å². The highest BCUT2D eigenvalue weighted by atomic mass is 19.1. The third-order valence-corrected chi connectivity index (χ3v) is 2.72. The molecule has 4 nitrogen and oxygen atoms in total. The van der Waals surface area contributed by atoms with Crippen molar-refractivity contribution in [2.75, 3.05) is 0 Å². The maximum Gasteiger partial charge on any atom is 0.315 e. The highest BCUT2D eigenvalue weighted by Crippen LogP contribution is 2.28. The summed E-state index contributed by atoms with van der Waals surface area (Å²) in [5.74, 6) is -1.45. The molecule has 0 unspecified atom stereocenters. The van der Waals surface area contributed by atoms with Crippen LogP contribution in [0, 0.1) is 5.82 Å². The van der Waals surface area contributed by atoms with E-state index in [2.05, 4.69) is 9.97 Å². The predicted octanol–water partition coefficient (Wildman–Crippen LogP) is 2.13. The number of nitrogens with zero attached hydrogens (tertiary/aromatic N) is 2. The van der Waals surface area contributed by atoms with Gasteiger partial charge in [0.1, 0.15) is 17.6 Å². The van der Waals surface area contributed by atoms with E-state index in [1.165, 1.54) is 38.4 Å². The third kappa shape index (κ3) is 1.84. The summed E-state index contributed by atoms with van der Waals surface area (Å²) in [5.41, 5.74) is -0.338. The molecule has 0 atom stereocenters. The molecule has 0 saturated carbocycles. The first kappa shape index (κ1) is 11.4. The Hall–Kier alpha value is -2.04. The number of rotatable bonds is 2. The molecular formula is C12H11FN2O2. The number of fused-ring (bicyclic) bond motifs is 1. The molecule has 0 fully saturated rings. The smallest absolute Gasteiger partial charge is 0.315 e. The van der Waals surface area contributed by atoms with Gasteiger partial charge >= 0.3 is 5.97 Å². The minimum Gasteiger partial charge on any atom is -0.481 e. The molecule has 0 aliphatic heterocycles. The van der Waals surface area contributed by atoms with E-state index in [1.54, 1.807) is 0 Å². The summed E-state index contributed by atoms with van der Waals surface area (Å²) < 4.78 is 13.2. The fourth-order valence-electron chi connectivity index (χ4n) is 1.63. The molecule has 2 rings (SSSR count). The average Bonchev–Trinajstić information content (AvgIpc) is 2.27. The monoisotopic (exact) mass is 234 g/mol. The molecule has 88 valence electrons. The van der Waals surface area contributed by atoms with Crippen LogP contribution in [0.4, 0.5) is 4.39 Å². The van der Waals surface area contributed by atoms with Crippen molar-refractivity contribution in [2.45, 2.75) is 19.3 Å². The largest absolute Gasteiger partial charge is 0.481 e. The fourth-order valence-corrected chi connectivity index (χ4v) is 1.63. The van der Waals surface area contributed by atoms with E-state index in [9.17, 15) is 9.18 Å². The lowest BCUT2D eigenvalue weighted by atomic mass is 9.87. The molecule has 17 heavy (non-hydrogen) atoms. The van der Waals surface area contributed by atoms with Gasteiger partial charge in [-0.3, -0.25) is 4.79 Å². The first-order valence-electron chi connectivity index (χ1n) is 5.07. The van der Waals surface area contributed by atoms with E-state index < -0.39 is 17.2 Å². The minimum atomic E-state index is -1.19. The van der Waals surface area contributed by atoms with Crippen molar-refractivity contribution in [3.8, 4) is 0 Å². The van der Waals surface area contributed by atoms with Gasteiger partial charge in [-0.2, -0.15) is 0 Å². The van der Waals surface area contributed by atoms with Gasteiger partial charge in [0.15, 0.2) is 0 Å². The van der Waals surface area contributed by atoms with Gasteiger partial charge in [-0.05, 0) is 32.0 Å². The summed E-state index contributed by atoms with van der Waals surface area (Å²) in [6.07, 6.45) is 1.29. The van der Waals surface area contributed by atoms with Crippen molar-refractivity contribution >= 4 is 16.9 Å². The van der Waals surface area contributed by atoms with E-state index in [1.807, 2.05) is 0 Å². The molecule has 0 bridgehead atoms. The Morgan fingerprint density at radius 1 is 1.35 bits per heavy atom. The van der Waals surface area contributed by atoms with E-state index in [4.69, 9.17) is 5.11 Å². The third-order valence-electron chi connectivity index (χ3n) is 2.72. The van der Waals surface area contributed by atoms with E-state index in [0.29, 0.717) is 16.6 Å². The Kier molecular flexibility index (Phi) is 2.53. The molecule has 1 aromatic heterocycles. The zero-order valence-electron chi connectivity index (χ0n) is 9.44. The van der Waals surface area contributed by atoms with Crippen LogP contribution < -0.4 is 0 Å². The molecule has 0 radical (unpaired) electrons.